The summed E-state index contributed by atoms with van der Waals surface area (Å²) in [6, 6.07) is 9.13. The molecule has 1 heterocycles. The molecule has 0 bridgehead atoms. The molecule has 128 valence electrons. The van der Waals surface area contributed by atoms with Crippen molar-refractivity contribution in [2.24, 2.45) is 0 Å². The van der Waals surface area contributed by atoms with Crippen molar-refractivity contribution < 1.29 is 18.9 Å². The average Bonchev–Trinajstić information content (AvgIpc) is 3.07. The molecule has 0 saturated carbocycles. The Hall–Kier alpha value is -2.87. The van der Waals surface area contributed by atoms with Crippen LogP contribution in [-0.4, -0.2) is 43.0 Å². The van der Waals surface area contributed by atoms with E-state index in [1.165, 1.54) is 24.3 Å². The van der Waals surface area contributed by atoms with Crippen LogP contribution in [0.4, 0.5) is 5.69 Å². The van der Waals surface area contributed by atoms with Crippen molar-refractivity contribution >= 4 is 11.6 Å². The SMILES string of the molecule is CN(C)C(CNC(=O)COc1ccc([N+](=O)[O-])cc1)c1ccco1. The number of rotatable bonds is 8. The third-order valence-electron chi connectivity index (χ3n) is 3.41. The number of nitrogens with zero attached hydrogens (tertiary/aromatic N) is 2. The lowest BCUT2D eigenvalue weighted by molar-refractivity contribution is -0.384. The van der Waals surface area contributed by atoms with Crippen LogP contribution in [0.2, 0.25) is 0 Å². The molecule has 2 aromatic rings. The van der Waals surface area contributed by atoms with Gasteiger partial charge in [0.25, 0.3) is 11.6 Å². The highest BCUT2D eigenvalue weighted by atomic mass is 16.6. The number of carbonyl (C=O) groups is 1. The Balaban J connectivity index is 1.81. The van der Waals surface area contributed by atoms with Crippen LogP contribution in [0.1, 0.15) is 11.8 Å². The van der Waals surface area contributed by atoms with Crippen LogP contribution >= 0.6 is 0 Å². The second kappa shape index (κ2) is 8.11. The lowest BCUT2D eigenvalue weighted by atomic mass is 10.2. The highest BCUT2D eigenvalue weighted by Gasteiger charge is 2.18. The van der Waals surface area contributed by atoms with Gasteiger partial charge in [0, 0.05) is 18.7 Å². The van der Waals surface area contributed by atoms with Gasteiger partial charge < -0.3 is 14.5 Å². The summed E-state index contributed by atoms with van der Waals surface area (Å²) < 4.78 is 10.7. The smallest absolute Gasteiger partial charge is 0.269 e. The van der Waals surface area contributed by atoms with E-state index in [4.69, 9.17) is 9.15 Å². The van der Waals surface area contributed by atoms with E-state index in [2.05, 4.69) is 5.32 Å². The third-order valence-corrected chi connectivity index (χ3v) is 3.41. The summed E-state index contributed by atoms with van der Waals surface area (Å²) in [5.41, 5.74) is -0.0286. The number of carbonyl (C=O) groups excluding carboxylic acids is 1. The second-order valence-electron chi connectivity index (χ2n) is 5.34. The van der Waals surface area contributed by atoms with Crippen molar-refractivity contribution in [2.75, 3.05) is 27.2 Å². The predicted molar refractivity (Wildman–Crippen MR) is 86.7 cm³/mol. The molecule has 1 N–H and O–H groups in total. The summed E-state index contributed by atoms with van der Waals surface area (Å²) in [4.78, 5) is 23.9. The van der Waals surface area contributed by atoms with Gasteiger partial charge >= 0.3 is 0 Å². The fraction of sp³-hybridized carbons (Fsp3) is 0.312. The van der Waals surface area contributed by atoms with Gasteiger partial charge in [-0.2, -0.15) is 0 Å². The molecule has 8 nitrogen and oxygen atoms in total. The zero-order valence-corrected chi connectivity index (χ0v) is 13.5. The molecule has 0 saturated heterocycles. The molecule has 0 radical (unpaired) electrons. The van der Waals surface area contributed by atoms with Gasteiger partial charge in [0.2, 0.25) is 0 Å². The number of nitro benzene ring substituents is 1. The topological polar surface area (TPSA) is 97.9 Å². The lowest BCUT2D eigenvalue weighted by Gasteiger charge is -2.22. The Bertz CT molecular complexity index is 668. The van der Waals surface area contributed by atoms with Crippen molar-refractivity contribution in [3.63, 3.8) is 0 Å². The van der Waals surface area contributed by atoms with Gasteiger partial charge in [-0.15, -0.1) is 0 Å². The Kier molecular flexibility index (Phi) is 5.91. The van der Waals surface area contributed by atoms with E-state index in [1.807, 2.05) is 25.1 Å². The zero-order chi connectivity index (χ0) is 17.5. The van der Waals surface area contributed by atoms with Gasteiger partial charge in [0.05, 0.1) is 17.2 Å². The summed E-state index contributed by atoms with van der Waals surface area (Å²) in [6.45, 7) is 0.207. The minimum atomic E-state index is -0.494. The van der Waals surface area contributed by atoms with E-state index in [0.29, 0.717) is 12.3 Å². The van der Waals surface area contributed by atoms with Crippen LogP contribution in [0.25, 0.3) is 0 Å². The maximum Gasteiger partial charge on any atom is 0.269 e. The molecule has 0 spiro atoms. The number of benzene rings is 1. The molecule has 0 fully saturated rings. The summed E-state index contributed by atoms with van der Waals surface area (Å²) in [7, 11) is 3.79. The lowest BCUT2D eigenvalue weighted by Crippen LogP contribution is -2.36. The molecule has 2 rings (SSSR count). The number of ether oxygens (including phenoxy) is 1. The first-order valence-electron chi connectivity index (χ1n) is 7.31. The molecule has 8 heteroatoms. The molecule has 0 aliphatic heterocycles. The molecule has 0 aliphatic rings. The number of hydrogen-bond donors (Lipinski definition) is 1. The number of furan rings is 1. The summed E-state index contributed by atoms with van der Waals surface area (Å²) in [5.74, 6) is 0.870. The van der Waals surface area contributed by atoms with Crippen molar-refractivity contribution in [2.45, 2.75) is 6.04 Å². The van der Waals surface area contributed by atoms with Crippen LogP contribution in [-0.2, 0) is 4.79 Å². The molecule has 1 aromatic heterocycles. The highest BCUT2D eigenvalue weighted by molar-refractivity contribution is 5.77. The van der Waals surface area contributed by atoms with E-state index in [-0.39, 0.29) is 24.2 Å². The molecular formula is C16H19N3O5. The Morgan fingerprint density at radius 3 is 2.58 bits per heavy atom. The van der Waals surface area contributed by atoms with Gasteiger partial charge in [-0.05, 0) is 38.4 Å². The van der Waals surface area contributed by atoms with E-state index >= 15 is 0 Å². The van der Waals surface area contributed by atoms with Gasteiger partial charge in [-0.1, -0.05) is 0 Å². The first kappa shape index (κ1) is 17.5. The quantitative estimate of drug-likeness (QED) is 0.586. The van der Waals surface area contributed by atoms with Crippen molar-refractivity contribution in [3.05, 3.63) is 58.5 Å². The minimum absolute atomic E-state index is 0.0286. The van der Waals surface area contributed by atoms with Gasteiger partial charge in [0.15, 0.2) is 6.61 Å². The summed E-state index contributed by atoms with van der Waals surface area (Å²) in [6.07, 6.45) is 1.59. The van der Waals surface area contributed by atoms with E-state index < -0.39 is 4.92 Å². The summed E-state index contributed by atoms with van der Waals surface area (Å²) in [5, 5.41) is 13.3. The zero-order valence-electron chi connectivity index (χ0n) is 13.5. The Morgan fingerprint density at radius 1 is 1.33 bits per heavy atom. The highest BCUT2D eigenvalue weighted by Crippen LogP contribution is 2.18. The number of non-ortho nitro benzene ring substituents is 1. The standard InChI is InChI=1S/C16H19N3O5/c1-18(2)14(15-4-3-9-23-15)10-17-16(20)11-24-13-7-5-12(6-8-13)19(21)22/h3-9,14H,10-11H2,1-2H3,(H,17,20). The van der Waals surface area contributed by atoms with Crippen molar-refractivity contribution in [1.29, 1.82) is 0 Å². The molecule has 0 aliphatic carbocycles. The van der Waals surface area contributed by atoms with Crippen LogP contribution < -0.4 is 10.1 Å². The fourth-order valence-corrected chi connectivity index (χ4v) is 2.09. The third kappa shape index (κ3) is 4.82. The molecule has 1 atom stereocenters. The van der Waals surface area contributed by atoms with Crippen molar-refractivity contribution in [3.8, 4) is 5.75 Å². The van der Waals surface area contributed by atoms with E-state index in [1.54, 1.807) is 12.3 Å². The maximum absolute atomic E-state index is 11.9. The number of nitrogens with one attached hydrogen (secondary N) is 1. The maximum atomic E-state index is 11.9. The van der Waals surface area contributed by atoms with Crippen LogP contribution in [0.3, 0.4) is 0 Å². The first-order valence-corrected chi connectivity index (χ1v) is 7.31. The molecule has 24 heavy (non-hydrogen) atoms. The second-order valence-corrected chi connectivity index (χ2v) is 5.34. The van der Waals surface area contributed by atoms with Gasteiger partial charge in [-0.25, -0.2) is 0 Å². The number of amides is 1. The molecule has 1 amide bonds. The number of nitro groups is 1. The molecule has 1 aromatic carbocycles. The normalized spacial score (nSPS) is 12.0. The van der Waals surface area contributed by atoms with Gasteiger partial charge in [-0.3, -0.25) is 19.8 Å². The van der Waals surface area contributed by atoms with E-state index in [9.17, 15) is 14.9 Å². The molecular weight excluding hydrogens is 314 g/mol. The van der Waals surface area contributed by atoms with E-state index in [0.717, 1.165) is 5.76 Å². The van der Waals surface area contributed by atoms with Gasteiger partial charge in [0.1, 0.15) is 11.5 Å². The number of hydrogen-bond acceptors (Lipinski definition) is 6. The van der Waals surface area contributed by atoms with Crippen LogP contribution in [0, 0.1) is 10.1 Å². The fourth-order valence-electron chi connectivity index (χ4n) is 2.09. The van der Waals surface area contributed by atoms with Crippen LogP contribution in [0.5, 0.6) is 5.75 Å². The number of likely N-dealkylation sites (N-methyl/N-ethyl adjacent to an activating group) is 1. The summed E-state index contributed by atoms with van der Waals surface area (Å²) >= 11 is 0. The van der Waals surface area contributed by atoms with Crippen LogP contribution in [0.15, 0.2) is 47.1 Å². The molecule has 1 unspecified atom stereocenters. The Morgan fingerprint density at radius 2 is 2.04 bits per heavy atom. The average molecular weight is 333 g/mol. The monoisotopic (exact) mass is 333 g/mol. The Labute approximate surface area is 139 Å². The first-order chi connectivity index (χ1) is 11.5. The predicted octanol–water partition coefficient (Wildman–Crippen LogP) is 1.99. The van der Waals surface area contributed by atoms with Crippen molar-refractivity contribution in [1.82, 2.24) is 10.2 Å². The minimum Gasteiger partial charge on any atom is -0.484 e. The largest absolute Gasteiger partial charge is 0.484 e.